The van der Waals surface area contributed by atoms with Crippen molar-refractivity contribution >= 4 is 28.4 Å². The van der Waals surface area contributed by atoms with Gasteiger partial charge in [0.05, 0.1) is 11.1 Å². The zero-order chi connectivity index (χ0) is 20.3. The number of nitrogens with one attached hydrogen (secondary N) is 2. The molecule has 6 heteroatoms. The first kappa shape index (κ1) is 19.4. The molecule has 6 nitrogen and oxygen atoms in total. The van der Waals surface area contributed by atoms with E-state index in [1.807, 2.05) is 32.0 Å². The van der Waals surface area contributed by atoms with Gasteiger partial charge in [0, 0.05) is 24.2 Å². The van der Waals surface area contributed by atoms with Crippen LogP contribution in [0.1, 0.15) is 28.4 Å². The van der Waals surface area contributed by atoms with E-state index in [2.05, 4.69) is 10.6 Å². The number of hydrogen-bond donors (Lipinski definition) is 2. The minimum absolute atomic E-state index is 0.134. The van der Waals surface area contributed by atoms with E-state index in [1.54, 1.807) is 24.3 Å². The van der Waals surface area contributed by atoms with Crippen molar-refractivity contribution < 1.29 is 9.59 Å². The van der Waals surface area contributed by atoms with Crippen LogP contribution in [-0.2, 0) is 17.8 Å². The first-order valence-corrected chi connectivity index (χ1v) is 9.19. The van der Waals surface area contributed by atoms with Crippen LogP contribution in [0, 0.1) is 6.92 Å². The quantitative estimate of drug-likeness (QED) is 0.717. The highest BCUT2D eigenvalue weighted by Gasteiger charge is 2.16. The maximum absolute atomic E-state index is 12.7. The molecule has 0 bridgehead atoms. The van der Waals surface area contributed by atoms with E-state index in [9.17, 15) is 14.4 Å². The Bertz CT molecular complexity index is 1120. The van der Waals surface area contributed by atoms with Gasteiger partial charge in [-0.15, -0.1) is 0 Å². The summed E-state index contributed by atoms with van der Waals surface area (Å²) in [7, 11) is 1.52. The molecule has 0 fully saturated rings. The molecule has 1 heterocycles. The number of anilines is 1. The average Bonchev–Trinajstić information content (AvgIpc) is 2.70. The minimum Gasteiger partial charge on any atom is -0.355 e. The van der Waals surface area contributed by atoms with Gasteiger partial charge in [-0.25, -0.2) is 0 Å². The van der Waals surface area contributed by atoms with Crippen molar-refractivity contribution in [2.24, 2.45) is 0 Å². The highest BCUT2D eigenvalue weighted by atomic mass is 16.2. The molecule has 144 valence electrons. The minimum atomic E-state index is -0.395. The largest absolute Gasteiger partial charge is 0.355 e. The van der Waals surface area contributed by atoms with Crippen molar-refractivity contribution in [1.29, 1.82) is 0 Å². The van der Waals surface area contributed by atoms with Crippen LogP contribution < -0.4 is 16.2 Å². The fourth-order valence-electron chi connectivity index (χ4n) is 3.34. The second-order valence-corrected chi connectivity index (χ2v) is 6.59. The number of para-hydroxylation sites is 2. The van der Waals surface area contributed by atoms with E-state index in [0.717, 1.165) is 23.2 Å². The van der Waals surface area contributed by atoms with Gasteiger partial charge in [0.15, 0.2) is 0 Å². The summed E-state index contributed by atoms with van der Waals surface area (Å²) in [6.07, 6.45) is 0.793. The number of benzene rings is 2. The van der Waals surface area contributed by atoms with Crippen molar-refractivity contribution in [2.45, 2.75) is 26.8 Å². The molecule has 0 saturated carbocycles. The van der Waals surface area contributed by atoms with Gasteiger partial charge in [0.1, 0.15) is 6.54 Å². The van der Waals surface area contributed by atoms with Crippen molar-refractivity contribution in [1.82, 2.24) is 9.88 Å². The molecular weight excluding hydrogens is 354 g/mol. The predicted octanol–water partition coefficient (Wildman–Crippen LogP) is 2.87. The van der Waals surface area contributed by atoms with E-state index in [1.165, 1.54) is 17.7 Å². The molecule has 0 aliphatic rings. The molecule has 2 aromatic carbocycles. The van der Waals surface area contributed by atoms with E-state index in [0.29, 0.717) is 16.5 Å². The van der Waals surface area contributed by atoms with Gasteiger partial charge < -0.3 is 10.6 Å². The third kappa shape index (κ3) is 3.67. The van der Waals surface area contributed by atoms with Gasteiger partial charge in [-0.1, -0.05) is 43.3 Å². The van der Waals surface area contributed by atoms with Crippen LogP contribution in [0.3, 0.4) is 0 Å². The lowest BCUT2D eigenvalue weighted by Gasteiger charge is -2.15. The standard InChI is InChI=1S/C22H23N3O3/c1-4-15-9-7-8-14(2)21(15)24-19(26)13-25-18-11-6-5-10-16(18)17(12-20(25)27)22(28)23-3/h5-12H,4,13H2,1-3H3,(H,23,28)(H,24,26). The summed E-state index contributed by atoms with van der Waals surface area (Å²) in [6.45, 7) is 3.83. The molecule has 3 rings (SSSR count). The Morgan fingerprint density at radius 1 is 1.07 bits per heavy atom. The van der Waals surface area contributed by atoms with Gasteiger partial charge >= 0.3 is 0 Å². The van der Waals surface area contributed by atoms with Crippen LogP contribution in [0.4, 0.5) is 5.69 Å². The lowest BCUT2D eigenvalue weighted by atomic mass is 10.1. The fourth-order valence-corrected chi connectivity index (χ4v) is 3.34. The molecular formula is C22H23N3O3. The Morgan fingerprint density at radius 3 is 2.54 bits per heavy atom. The van der Waals surface area contributed by atoms with Gasteiger partial charge in [-0.2, -0.15) is 0 Å². The van der Waals surface area contributed by atoms with Gasteiger partial charge in [0.2, 0.25) is 5.91 Å². The number of aromatic nitrogens is 1. The Hall–Kier alpha value is -3.41. The summed E-state index contributed by atoms with van der Waals surface area (Å²) in [6, 6.07) is 14.2. The Morgan fingerprint density at radius 2 is 1.82 bits per heavy atom. The van der Waals surface area contributed by atoms with Crippen LogP contribution >= 0.6 is 0 Å². The Balaban J connectivity index is 2.00. The van der Waals surface area contributed by atoms with Gasteiger partial charge in [-0.3, -0.25) is 19.0 Å². The first-order valence-electron chi connectivity index (χ1n) is 9.19. The first-order chi connectivity index (χ1) is 13.5. The Labute approximate surface area is 163 Å². The topological polar surface area (TPSA) is 80.2 Å². The highest BCUT2D eigenvalue weighted by molar-refractivity contribution is 6.06. The smallest absolute Gasteiger partial charge is 0.252 e. The summed E-state index contributed by atoms with van der Waals surface area (Å²) in [4.78, 5) is 37.5. The SMILES string of the molecule is CCc1cccc(C)c1NC(=O)Cn1c(=O)cc(C(=O)NC)c2ccccc21. The normalized spacial score (nSPS) is 10.7. The van der Waals surface area contributed by atoms with E-state index < -0.39 is 5.56 Å². The molecule has 0 aliphatic carbocycles. The maximum atomic E-state index is 12.7. The molecule has 0 saturated heterocycles. The summed E-state index contributed by atoms with van der Waals surface area (Å²) in [5.74, 6) is -0.624. The molecule has 0 radical (unpaired) electrons. The number of carbonyl (C=O) groups excluding carboxylic acids is 2. The number of hydrogen-bond acceptors (Lipinski definition) is 3. The molecule has 3 aromatic rings. The van der Waals surface area contributed by atoms with E-state index >= 15 is 0 Å². The monoisotopic (exact) mass is 377 g/mol. The molecule has 2 amide bonds. The molecule has 1 aromatic heterocycles. The molecule has 0 spiro atoms. The number of amides is 2. The third-order valence-corrected chi connectivity index (χ3v) is 4.80. The number of nitrogens with zero attached hydrogens (tertiary/aromatic N) is 1. The summed E-state index contributed by atoms with van der Waals surface area (Å²) in [5, 5.41) is 6.11. The lowest BCUT2D eigenvalue weighted by molar-refractivity contribution is -0.116. The lowest BCUT2D eigenvalue weighted by Crippen LogP contribution is -2.30. The average molecular weight is 377 g/mol. The van der Waals surface area contributed by atoms with Crippen LogP contribution in [0.25, 0.3) is 10.9 Å². The second-order valence-electron chi connectivity index (χ2n) is 6.59. The number of carbonyl (C=O) groups is 2. The van der Waals surface area contributed by atoms with Crippen molar-refractivity contribution in [3.8, 4) is 0 Å². The zero-order valence-electron chi connectivity index (χ0n) is 16.2. The highest BCUT2D eigenvalue weighted by Crippen LogP contribution is 2.21. The summed E-state index contributed by atoms with van der Waals surface area (Å²) in [5.41, 5.74) is 3.25. The number of rotatable bonds is 5. The molecule has 28 heavy (non-hydrogen) atoms. The second kappa shape index (κ2) is 8.08. The molecule has 2 N–H and O–H groups in total. The maximum Gasteiger partial charge on any atom is 0.252 e. The molecule has 0 atom stereocenters. The van der Waals surface area contributed by atoms with Crippen molar-refractivity contribution in [3.63, 3.8) is 0 Å². The predicted molar refractivity (Wildman–Crippen MR) is 111 cm³/mol. The van der Waals surface area contributed by atoms with Crippen LogP contribution in [0.2, 0.25) is 0 Å². The number of pyridine rings is 1. The Kier molecular flexibility index (Phi) is 5.59. The molecule has 0 aliphatic heterocycles. The van der Waals surface area contributed by atoms with Crippen LogP contribution in [-0.4, -0.2) is 23.4 Å². The van der Waals surface area contributed by atoms with E-state index in [-0.39, 0.29) is 18.4 Å². The summed E-state index contributed by atoms with van der Waals surface area (Å²) < 4.78 is 1.39. The van der Waals surface area contributed by atoms with Crippen LogP contribution in [0.15, 0.2) is 53.3 Å². The van der Waals surface area contributed by atoms with Crippen molar-refractivity contribution in [3.05, 3.63) is 75.6 Å². The van der Waals surface area contributed by atoms with Gasteiger partial charge in [0.25, 0.3) is 11.5 Å². The molecule has 0 unspecified atom stereocenters. The zero-order valence-corrected chi connectivity index (χ0v) is 16.2. The van der Waals surface area contributed by atoms with Crippen LogP contribution in [0.5, 0.6) is 0 Å². The number of fused-ring (bicyclic) bond motifs is 1. The third-order valence-electron chi connectivity index (χ3n) is 4.80. The van der Waals surface area contributed by atoms with E-state index in [4.69, 9.17) is 0 Å². The van der Waals surface area contributed by atoms with Crippen molar-refractivity contribution in [2.75, 3.05) is 12.4 Å². The summed E-state index contributed by atoms with van der Waals surface area (Å²) >= 11 is 0. The number of aryl methyl sites for hydroxylation is 2. The van der Waals surface area contributed by atoms with Gasteiger partial charge in [-0.05, 0) is 30.5 Å². The fraction of sp³-hybridized carbons (Fsp3) is 0.227.